The highest BCUT2D eigenvalue weighted by Gasteiger charge is 2.48. The van der Waals surface area contributed by atoms with E-state index in [1.54, 1.807) is 0 Å². The average Bonchev–Trinajstić information content (AvgIpc) is 0.788. The van der Waals surface area contributed by atoms with Crippen molar-refractivity contribution in [1.82, 2.24) is 74.0 Å². The summed E-state index contributed by atoms with van der Waals surface area (Å²) in [5.74, 6) is -5.95. The van der Waals surface area contributed by atoms with Gasteiger partial charge in [-0.1, -0.05) is 19.3 Å². The molecule has 0 aromatic rings. The maximum atomic E-state index is 14.9. The molecule has 0 aliphatic rings. The van der Waals surface area contributed by atoms with Gasteiger partial charge in [-0.15, -0.1) is 0 Å². The topological polar surface area (TPSA) is 468 Å². The molecule has 0 saturated heterocycles. The predicted molar refractivity (Wildman–Crippen MR) is 450 cm³/mol. The van der Waals surface area contributed by atoms with Crippen molar-refractivity contribution < 1.29 is 71.9 Å². The Morgan fingerprint density at radius 3 is 0.982 bits per heavy atom. The van der Waals surface area contributed by atoms with Crippen molar-refractivity contribution in [3.05, 3.63) is 0 Å². The number of carbonyl (C=O) groups is 15. The molecular weight excluding hydrogens is 1560 g/mol. The van der Waals surface area contributed by atoms with Crippen LogP contribution >= 0.6 is 101 Å². The van der Waals surface area contributed by atoms with Gasteiger partial charge in [0.1, 0.15) is 29.7 Å². The molecule has 0 aliphatic carbocycles. The number of carbonyl (C=O) groups excluding carboxylic acids is 15. The van der Waals surface area contributed by atoms with Crippen LogP contribution in [0.15, 0.2) is 0 Å². The smallest absolute Gasteiger partial charge is 0.244 e. The molecule has 17 N–H and O–H groups in total. The Morgan fingerprint density at radius 2 is 0.606 bits per heavy atom. The van der Waals surface area contributed by atoms with Crippen LogP contribution < -0.4 is 80.6 Å². The third-order valence-corrected chi connectivity index (χ3v) is 19.1. The number of nitrogens with two attached hydrogens (primary N) is 2. The highest BCUT2D eigenvalue weighted by molar-refractivity contribution is 7.81. The van der Waals surface area contributed by atoms with Gasteiger partial charge in [-0.05, 0) is 168 Å². The lowest BCUT2D eigenvalue weighted by molar-refractivity contribution is -0.141. The van der Waals surface area contributed by atoms with E-state index in [1.165, 1.54) is 4.90 Å². The van der Waals surface area contributed by atoms with Crippen molar-refractivity contribution in [3.8, 4) is 0 Å². The summed E-state index contributed by atoms with van der Waals surface area (Å²) >= 11 is 33.1. The normalized spacial score (nSPS) is 12.9. The molecule has 0 fully saturated rings. The largest absolute Gasteiger partial charge is 0.368 e. The van der Waals surface area contributed by atoms with Crippen LogP contribution in [0.1, 0.15) is 193 Å². The number of nitrogens with zero attached hydrogens (tertiary/aromatic N) is 1. The van der Waals surface area contributed by atoms with Crippen molar-refractivity contribution in [1.29, 1.82) is 0 Å². The summed E-state index contributed by atoms with van der Waals surface area (Å²) in [4.78, 5) is 201. The number of rotatable bonds is 69. The van der Waals surface area contributed by atoms with E-state index >= 15 is 0 Å². The van der Waals surface area contributed by atoms with Crippen molar-refractivity contribution in [2.24, 2.45) is 17.4 Å². The first-order chi connectivity index (χ1) is 52.4. The zero-order valence-corrected chi connectivity index (χ0v) is 70.5. The molecule has 2 unspecified atom stereocenters. The molecule has 31 nitrogen and oxygen atoms in total. The van der Waals surface area contributed by atoms with E-state index in [2.05, 4.69) is 170 Å². The summed E-state index contributed by atoms with van der Waals surface area (Å²) in [5, 5.41) is 36.5. The Kier molecular flexibility index (Phi) is 64.1. The summed E-state index contributed by atoms with van der Waals surface area (Å²) in [6.45, 7) is 1.24. The van der Waals surface area contributed by atoms with E-state index in [9.17, 15) is 71.9 Å². The minimum Gasteiger partial charge on any atom is -0.368 e. The SMILES string of the molecule is NCCCCCC(=O)N(CCNC(=O)C(CCCNC(=O)CCS)C(CCCCCNC(=O)[C@H](CCCCNC(=O)CCS)NC(=O)CCS)(NC(=O)CCS)C(N)=O)CCNC(=O)[C@H](CCCCNC(=O)[C@H](CCCCNC(=O)CCS)NC(=O)CCS)NC(=O)[C@H](CCCCNC(=O)CCS)NC(=O)CCS. The summed E-state index contributed by atoms with van der Waals surface area (Å²) in [6, 6.07) is -4.08. The Hall–Kier alpha value is -5.19. The summed E-state index contributed by atoms with van der Waals surface area (Å²) in [5.41, 5.74) is 10.1. The molecule has 0 saturated carbocycles. The van der Waals surface area contributed by atoms with Gasteiger partial charge < -0.3 is 85.5 Å². The van der Waals surface area contributed by atoms with E-state index in [-0.39, 0.29) is 225 Å². The standard InChI is InChI=1S/C70H128N16O15S8/c71-31-9-1-3-21-63(95)86(40-38-79-64(96)50(16-15-37-76-58(90)25-45-105)70(69(72)101,85-62(94)29-49-109)30-8-2-10-35-77-65(97)51(81-59(91)26-46-106)17-4-11-32-73-55(87)22-42-102)41-39-80-67(99)53(84-68(100)54(83-61(93)28-48-108)20-6-13-34-75-57(89)24-44-104)19-7-14-36-78-66(98)52(82-60(92)27-47-107)18-5-12-33-74-56(88)23-43-103/h50-54,102-109H,1-49,71H2,(H2,72,101)(H,73,87)(H,74,88)(H,75,89)(H,76,90)(H,77,97)(H,78,98)(H,79,96)(H,80,99)(H,81,91)(H,82,92)(H,83,93)(H,84,100)(H,85,94)/t50?,51-,52-,53-,54-,70?/m0/s1. The molecule has 0 rings (SSSR count). The molecule has 0 aliphatic heterocycles. The van der Waals surface area contributed by atoms with E-state index in [4.69, 9.17) is 11.5 Å². The van der Waals surface area contributed by atoms with Crippen LogP contribution in [0, 0.1) is 5.92 Å². The lowest BCUT2D eigenvalue weighted by Gasteiger charge is -2.38. The molecule has 0 bridgehead atoms. The van der Waals surface area contributed by atoms with Gasteiger partial charge in [-0.2, -0.15) is 101 Å². The van der Waals surface area contributed by atoms with Crippen LogP contribution in [0.3, 0.4) is 0 Å². The van der Waals surface area contributed by atoms with E-state index in [0.29, 0.717) is 127 Å². The zero-order valence-electron chi connectivity index (χ0n) is 63.3. The monoisotopic (exact) mass is 1690 g/mol. The van der Waals surface area contributed by atoms with E-state index < -0.39 is 82.9 Å². The van der Waals surface area contributed by atoms with Gasteiger partial charge in [0.15, 0.2) is 0 Å². The summed E-state index contributed by atoms with van der Waals surface area (Å²) < 4.78 is 0. The minimum absolute atomic E-state index is 0.00894. The number of hydrogen-bond acceptors (Lipinski definition) is 24. The maximum absolute atomic E-state index is 14.9. The van der Waals surface area contributed by atoms with Crippen LogP contribution in [0.4, 0.5) is 0 Å². The van der Waals surface area contributed by atoms with Crippen LogP contribution in [0.2, 0.25) is 0 Å². The second kappa shape index (κ2) is 67.3. The second-order valence-corrected chi connectivity index (χ2v) is 29.7. The van der Waals surface area contributed by atoms with Crippen LogP contribution in [-0.2, 0) is 71.9 Å². The van der Waals surface area contributed by atoms with Gasteiger partial charge in [-0.3, -0.25) is 71.9 Å². The summed E-state index contributed by atoms with van der Waals surface area (Å²) in [6.07, 6.45) is 7.85. The molecule has 0 aromatic carbocycles. The minimum atomic E-state index is -2.01. The fraction of sp³-hybridized carbons (Fsp3) is 0.786. The Morgan fingerprint density at radius 1 is 0.294 bits per heavy atom. The second-order valence-electron chi connectivity index (χ2n) is 26.1. The molecule has 0 aromatic heterocycles. The number of thiol groups is 8. The predicted octanol–water partition coefficient (Wildman–Crippen LogP) is 0.740. The lowest BCUT2D eigenvalue weighted by atomic mass is 9.75. The van der Waals surface area contributed by atoms with E-state index in [0.717, 1.165) is 0 Å². The Bertz CT molecular complexity index is 2730. The molecule has 0 heterocycles. The molecule has 39 heteroatoms. The molecule has 15 amide bonds. The molecular formula is C70H128N16O15S8. The van der Waals surface area contributed by atoms with Gasteiger partial charge in [0.2, 0.25) is 88.6 Å². The highest BCUT2D eigenvalue weighted by atomic mass is 32.1. The van der Waals surface area contributed by atoms with Crippen molar-refractivity contribution in [3.63, 3.8) is 0 Å². The molecule has 0 radical (unpaired) electrons. The molecule has 0 spiro atoms. The third-order valence-electron chi connectivity index (χ3n) is 17.3. The van der Waals surface area contributed by atoms with Crippen molar-refractivity contribution in [2.75, 3.05) is 118 Å². The third kappa shape index (κ3) is 51.2. The van der Waals surface area contributed by atoms with Gasteiger partial charge in [0, 0.05) is 123 Å². The van der Waals surface area contributed by atoms with Crippen LogP contribution in [-0.4, -0.2) is 241 Å². The Labute approximate surface area is 688 Å². The van der Waals surface area contributed by atoms with Crippen molar-refractivity contribution in [2.45, 2.75) is 222 Å². The Balaban J connectivity index is 7.09. The first-order valence-corrected chi connectivity index (χ1v) is 43.2. The van der Waals surface area contributed by atoms with Gasteiger partial charge in [0.25, 0.3) is 0 Å². The van der Waals surface area contributed by atoms with Gasteiger partial charge >= 0.3 is 0 Å². The number of nitrogens with one attached hydrogen (secondary N) is 13. The number of amides is 15. The first kappa shape index (κ1) is 104. The van der Waals surface area contributed by atoms with Crippen molar-refractivity contribution >= 4 is 190 Å². The fourth-order valence-electron chi connectivity index (χ4n) is 11.4. The van der Waals surface area contributed by atoms with Crippen LogP contribution in [0.5, 0.6) is 0 Å². The van der Waals surface area contributed by atoms with Gasteiger partial charge in [0.05, 0.1) is 5.92 Å². The number of hydrogen-bond donors (Lipinski definition) is 23. The fourth-order valence-corrected chi connectivity index (χ4v) is 13.0. The average molecular weight is 1690 g/mol. The lowest BCUT2D eigenvalue weighted by Crippen LogP contribution is -2.65. The summed E-state index contributed by atoms with van der Waals surface area (Å²) in [7, 11) is 0. The number of primary amides is 1. The van der Waals surface area contributed by atoms with E-state index in [1.807, 2.05) is 0 Å². The number of unbranched alkanes of at least 4 members (excludes halogenated alkanes) is 8. The van der Waals surface area contributed by atoms with Gasteiger partial charge in [-0.25, -0.2) is 0 Å². The maximum Gasteiger partial charge on any atom is 0.244 e. The molecule has 626 valence electrons. The zero-order chi connectivity index (χ0) is 81.5. The molecule has 6 atom stereocenters. The van der Waals surface area contributed by atoms with Crippen LogP contribution in [0.25, 0.3) is 0 Å². The first-order valence-electron chi connectivity index (χ1n) is 38.2. The highest BCUT2D eigenvalue weighted by Crippen LogP contribution is 2.30. The molecule has 109 heavy (non-hydrogen) atoms. The quantitative estimate of drug-likeness (QED) is 0.0295.